The predicted molar refractivity (Wildman–Crippen MR) is 79.1 cm³/mol. The van der Waals surface area contributed by atoms with Crippen LogP contribution in [0, 0.1) is 6.92 Å². The molecule has 0 radical (unpaired) electrons. The van der Waals surface area contributed by atoms with Gasteiger partial charge in [-0.15, -0.1) is 0 Å². The van der Waals surface area contributed by atoms with Gasteiger partial charge in [0.25, 0.3) is 5.91 Å². The van der Waals surface area contributed by atoms with Crippen molar-refractivity contribution in [2.75, 3.05) is 26.2 Å². The van der Waals surface area contributed by atoms with Gasteiger partial charge in [0.1, 0.15) is 5.69 Å². The van der Waals surface area contributed by atoms with Gasteiger partial charge < -0.3 is 10.0 Å². The fraction of sp³-hybridized carbons (Fsp3) is 0.733. The zero-order valence-corrected chi connectivity index (χ0v) is 12.8. The lowest BCUT2D eigenvalue weighted by atomic mass is 10.1. The van der Waals surface area contributed by atoms with Crippen LogP contribution in [0.4, 0.5) is 0 Å². The quantitative estimate of drug-likeness (QED) is 0.857. The van der Waals surface area contributed by atoms with E-state index in [0.717, 1.165) is 51.1 Å². The molecular weight excluding hydrogens is 268 g/mol. The average molecular weight is 292 g/mol. The summed E-state index contributed by atoms with van der Waals surface area (Å²) in [4.78, 5) is 16.8. The molecule has 1 aromatic rings. The summed E-state index contributed by atoms with van der Waals surface area (Å²) >= 11 is 0. The summed E-state index contributed by atoms with van der Waals surface area (Å²) < 4.78 is 1.66. The maximum Gasteiger partial charge on any atom is 0.272 e. The van der Waals surface area contributed by atoms with Crippen molar-refractivity contribution in [3.05, 3.63) is 17.5 Å². The molecule has 1 saturated heterocycles. The van der Waals surface area contributed by atoms with Crippen molar-refractivity contribution in [3.8, 4) is 0 Å². The third-order valence-corrected chi connectivity index (χ3v) is 4.74. The number of carbonyl (C=O) groups is 1. The number of piperazine rings is 1. The zero-order valence-electron chi connectivity index (χ0n) is 12.8. The molecule has 1 aliphatic carbocycles. The second-order valence-electron chi connectivity index (χ2n) is 6.19. The van der Waals surface area contributed by atoms with E-state index in [2.05, 4.69) is 10.00 Å². The lowest BCUT2D eigenvalue weighted by Gasteiger charge is -2.39. The fourth-order valence-corrected chi connectivity index (χ4v) is 3.58. The summed E-state index contributed by atoms with van der Waals surface area (Å²) in [6, 6.07) is 2.14. The molecule has 1 N–H and O–H groups in total. The minimum Gasteiger partial charge on any atom is -0.391 e. The Hall–Kier alpha value is -1.40. The first-order chi connectivity index (χ1) is 10.1. The van der Waals surface area contributed by atoms with Crippen molar-refractivity contribution in [3.63, 3.8) is 0 Å². The standard InChI is InChI=1S/C15H24N4O2/c1-11-10-13(17(2)16-11)15(21)19-8-6-18(7-9-19)12-4-3-5-14(12)20/h10,12,14,20H,3-9H2,1-2H3/t12-,14-/m0/s1. The van der Waals surface area contributed by atoms with Crippen LogP contribution in [0.2, 0.25) is 0 Å². The van der Waals surface area contributed by atoms with Gasteiger partial charge in [0.2, 0.25) is 0 Å². The molecule has 2 atom stereocenters. The van der Waals surface area contributed by atoms with Gasteiger partial charge in [-0.1, -0.05) is 0 Å². The largest absolute Gasteiger partial charge is 0.391 e. The molecule has 1 aromatic heterocycles. The molecular formula is C15H24N4O2. The number of rotatable bonds is 2. The summed E-state index contributed by atoms with van der Waals surface area (Å²) in [5, 5.41) is 14.2. The lowest BCUT2D eigenvalue weighted by Crippen LogP contribution is -2.53. The van der Waals surface area contributed by atoms with E-state index in [1.165, 1.54) is 0 Å². The monoisotopic (exact) mass is 292 g/mol. The molecule has 6 heteroatoms. The first kappa shape index (κ1) is 14.5. The maximum absolute atomic E-state index is 12.5. The van der Waals surface area contributed by atoms with Gasteiger partial charge in [-0.3, -0.25) is 14.4 Å². The molecule has 2 heterocycles. The van der Waals surface area contributed by atoms with Gasteiger partial charge in [-0.2, -0.15) is 5.10 Å². The maximum atomic E-state index is 12.5. The molecule has 1 amide bonds. The van der Waals surface area contributed by atoms with Crippen LogP contribution in [0.5, 0.6) is 0 Å². The number of aromatic nitrogens is 2. The van der Waals surface area contributed by atoms with Gasteiger partial charge in [0, 0.05) is 39.3 Å². The van der Waals surface area contributed by atoms with Crippen LogP contribution in [0.3, 0.4) is 0 Å². The van der Waals surface area contributed by atoms with Gasteiger partial charge in [-0.25, -0.2) is 0 Å². The Labute approximate surface area is 125 Å². The van der Waals surface area contributed by atoms with Crippen LogP contribution in [0.1, 0.15) is 35.4 Å². The highest BCUT2D eigenvalue weighted by Crippen LogP contribution is 2.25. The second kappa shape index (κ2) is 5.77. The van der Waals surface area contributed by atoms with Crippen LogP contribution in [0.15, 0.2) is 6.07 Å². The molecule has 21 heavy (non-hydrogen) atoms. The molecule has 116 valence electrons. The van der Waals surface area contributed by atoms with Gasteiger partial charge >= 0.3 is 0 Å². The van der Waals surface area contributed by atoms with Crippen molar-refractivity contribution in [1.82, 2.24) is 19.6 Å². The van der Waals surface area contributed by atoms with Crippen LogP contribution in [-0.4, -0.2) is 68.9 Å². The van der Waals surface area contributed by atoms with Crippen molar-refractivity contribution in [2.24, 2.45) is 7.05 Å². The van der Waals surface area contributed by atoms with Crippen LogP contribution >= 0.6 is 0 Å². The Bertz CT molecular complexity index is 520. The molecule has 2 fully saturated rings. The van der Waals surface area contributed by atoms with Crippen LogP contribution in [-0.2, 0) is 7.05 Å². The highest BCUT2D eigenvalue weighted by atomic mass is 16.3. The molecule has 0 unspecified atom stereocenters. The molecule has 6 nitrogen and oxygen atoms in total. The Morgan fingerprint density at radius 3 is 2.52 bits per heavy atom. The molecule has 0 spiro atoms. The molecule has 0 aromatic carbocycles. The molecule has 1 aliphatic heterocycles. The van der Waals surface area contributed by atoms with Crippen molar-refractivity contribution in [1.29, 1.82) is 0 Å². The van der Waals surface area contributed by atoms with E-state index in [9.17, 15) is 9.90 Å². The number of hydrogen-bond donors (Lipinski definition) is 1. The van der Waals surface area contributed by atoms with E-state index in [-0.39, 0.29) is 12.0 Å². The molecule has 2 aliphatic rings. The van der Waals surface area contributed by atoms with E-state index < -0.39 is 0 Å². The highest BCUT2D eigenvalue weighted by molar-refractivity contribution is 5.92. The van der Waals surface area contributed by atoms with Crippen LogP contribution in [0.25, 0.3) is 0 Å². The van der Waals surface area contributed by atoms with Crippen LogP contribution < -0.4 is 0 Å². The SMILES string of the molecule is Cc1cc(C(=O)N2CCN([C@H]3CCC[C@@H]3O)CC2)n(C)n1. The summed E-state index contributed by atoms with van der Waals surface area (Å²) in [7, 11) is 1.81. The smallest absolute Gasteiger partial charge is 0.272 e. The van der Waals surface area contributed by atoms with E-state index >= 15 is 0 Å². The van der Waals surface area contributed by atoms with E-state index in [1.54, 1.807) is 4.68 Å². The topological polar surface area (TPSA) is 61.6 Å². The van der Waals surface area contributed by atoms with E-state index in [0.29, 0.717) is 11.7 Å². The number of nitrogens with zero attached hydrogens (tertiary/aromatic N) is 4. The Kier molecular flexibility index (Phi) is 3.99. The average Bonchev–Trinajstić information content (AvgIpc) is 3.04. The van der Waals surface area contributed by atoms with Gasteiger partial charge in [0.15, 0.2) is 0 Å². The van der Waals surface area contributed by atoms with Crippen molar-refractivity contribution in [2.45, 2.75) is 38.3 Å². The lowest BCUT2D eigenvalue weighted by molar-refractivity contribution is 0.0311. The fourth-order valence-electron chi connectivity index (χ4n) is 3.58. The van der Waals surface area contributed by atoms with E-state index in [4.69, 9.17) is 0 Å². The first-order valence-electron chi connectivity index (χ1n) is 7.78. The number of aliphatic hydroxyl groups is 1. The summed E-state index contributed by atoms with van der Waals surface area (Å²) in [6.07, 6.45) is 2.92. The summed E-state index contributed by atoms with van der Waals surface area (Å²) in [5.41, 5.74) is 1.52. The normalized spacial score (nSPS) is 27.3. The Morgan fingerprint density at radius 2 is 2.00 bits per heavy atom. The molecule has 1 saturated carbocycles. The number of carbonyl (C=O) groups excluding carboxylic acids is 1. The molecule has 3 rings (SSSR count). The third-order valence-electron chi connectivity index (χ3n) is 4.74. The van der Waals surface area contributed by atoms with Gasteiger partial charge in [-0.05, 0) is 32.3 Å². The Balaban J connectivity index is 1.60. The second-order valence-corrected chi connectivity index (χ2v) is 6.19. The number of amides is 1. The summed E-state index contributed by atoms with van der Waals surface area (Å²) in [5.74, 6) is 0.0599. The predicted octanol–water partition coefficient (Wildman–Crippen LogP) is 0.400. The summed E-state index contributed by atoms with van der Waals surface area (Å²) in [6.45, 7) is 5.06. The number of hydrogen-bond acceptors (Lipinski definition) is 4. The first-order valence-corrected chi connectivity index (χ1v) is 7.78. The third kappa shape index (κ3) is 2.82. The van der Waals surface area contributed by atoms with Gasteiger partial charge in [0.05, 0.1) is 11.8 Å². The number of aliphatic hydroxyl groups excluding tert-OH is 1. The zero-order chi connectivity index (χ0) is 15.0. The minimum absolute atomic E-state index is 0.0599. The van der Waals surface area contributed by atoms with Crippen molar-refractivity contribution < 1.29 is 9.90 Å². The Morgan fingerprint density at radius 1 is 1.29 bits per heavy atom. The van der Waals surface area contributed by atoms with Crippen molar-refractivity contribution >= 4 is 5.91 Å². The minimum atomic E-state index is -0.188. The number of aryl methyl sites for hydroxylation is 2. The molecule has 0 bridgehead atoms. The highest BCUT2D eigenvalue weighted by Gasteiger charge is 2.33. The van der Waals surface area contributed by atoms with E-state index in [1.807, 2.05) is 24.9 Å².